The summed E-state index contributed by atoms with van der Waals surface area (Å²) in [4.78, 5) is 8.58. The van der Waals surface area contributed by atoms with E-state index >= 15 is 0 Å². The first-order valence-electron chi connectivity index (χ1n) is 5.94. The zero-order chi connectivity index (χ0) is 11.4. The van der Waals surface area contributed by atoms with Crippen LogP contribution in [0.5, 0.6) is 5.88 Å². The van der Waals surface area contributed by atoms with Crippen molar-refractivity contribution in [2.75, 3.05) is 6.61 Å². The van der Waals surface area contributed by atoms with Crippen LogP contribution >= 0.6 is 15.9 Å². The summed E-state index contributed by atoms with van der Waals surface area (Å²) >= 11 is 3.37. The molecule has 0 unspecified atom stereocenters. The van der Waals surface area contributed by atoms with Gasteiger partial charge in [0.1, 0.15) is 10.4 Å². The Morgan fingerprint density at radius 3 is 2.88 bits per heavy atom. The fourth-order valence-electron chi connectivity index (χ4n) is 1.79. The van der Waals surface area contributed by atoms with E-state index in [9.17, 15) is 0 Å². The van der Waals surface area contributed by atoms with E-state index in [1.54, 1.807) is 0 Å². The van der Waals surface area contributed by atoms with Gasteiger partial charge in [0.25, 0.3) is 0 Å². The second kappa shape index (κ2) is 5.62. The van der Waals surface area contributed by atoms with E-state index in [1.165, 1.54) is 19.3 Å². The molecule has 0 saturated heterocycles. The Balaban J connectivity index is 1.84. The van der Waals surface area contributed by atoms with Crippen molar-refractivity contribution in [3.8, 4) is 5.88 Å². The van der Waals surface area contributed by atoms with E-state index < -0.39 is 0 Å². The summed E-state index contributed by atoms with van der Waals surface area (Å²) in [5.74, 6) is 2.40. The smallest absolute Gasteiger partial charge is 0.217 e. The van der Waals surface area contributed by atoms with Crippen molar-refractivity contribution in [2.24, 2.45) is 5.92 Å². The third-order valence-electron chi connectivity index (χ3n) is 3.03. The van der Waals surface area contributed by atoms with Gasteiger partial charge < -0.3 is 4.74 Å². The van der Waals surface area contributed by atoms with Crippen LogP contribution in [-0.2, 0) is 6.42 Å². The van der Waals surface area contributed by atoms with Crippen LogP contribution in [0.1, 0.15) is 38.4 Å². The Morgan fingerprint density at radius 1 is 1.44 bits per heavy atom. The summed E-state index contributed by atoms with van der Waals surface area (Å²) < 4.78 is 6.46. The molecule has 0 atom stereocenters. The van der Waals surface area contributed by atoms with Gasteiger partial charge in [-0.05, 0) is 28.3 Å². The topological polar surface area (TPSA) is 35.0 Å². The lowest BCUT2D eigenvalue weighted by atomic mass is 9.83. The summed E-state index contributed by atoms with van der Waals surface area (Å²) in [5.41, 5.74) is 0. The second-order valence-corrected chi connectivity index (χ2v) is 5.05. The fourth-order valence-corrected chi connectivity index (χ4v) is 2.19. The van der Waals surface area contributed by atoms with Crippen LogP contribution in [0.3, 0.4) is 0 Å². The molecule has 88 valence electrons. The van der Waals surface area contributed by atoms with Gasteiger partial charge in [0.2, 0.25) is 5.88 Å². The maximum Gasteiger partial charge on any atom is 0.217 e. The van der Waals surface area contributed by atoms with Gasteiger partial charge in [-0.3, -0.25) is 0 Å². The zero-order valence-electron chi connectivity index (χ0n) is 9.58. The molecule has 1 fully saturated rings. The SMILES string of the molecule is CCc1nc(Br)cc(OCCC2CCC2)n1. The first-order valence-corrected chi connectivity index (χ1v) is 6.73. The van der Waals surface area contributed by atoms with Crippen LogP contribution in [0, 0.1) is 5.92 Å². The Hall–Kier alpha value is -0.640. The van der Waals surface area contributed by atoms with Gasteiger partial charge in [-0.25, -0.2) is 4.98 Å². The lowest BCUT2D eigenvalue weighted by Gasteiger charge is -2.24. The summed E-state index contributed by atoms with van der Waals surface area (Å²) in [6.45, 7) is 2.82. The summed E-state index contributed by atoms with van der Waals surface area (Å²) in [6, 6.07) is 1.83. The lowest BCUT2D eigenvalue weighted by molar-refractivity contribution is 0.216. The van der Waals surface area contributed by atoms with Gasteiger partial charge in [0.05, 0.1) is 6.61 Å². The Morgan fingerprint density at radius 2 is 2.25 bits per heavy atom. The molecule has 1 aromatic rings. The van der Waals surface area contributed by atoms with Gasteiger partial charge in [-0.2, -0.15) is 4.98 Å². The van der Waals surface area contributed by atoms with Gasteiger partial charge in [-0.1, -0.05) is 26.2 Å². The van der Waals surface area contributed by atoms with E-state index in [0.29, 0.717) is 5.88 Å². The Kier molecular flexibility index (Phi) is 4.16. The molecule has 0 spiro atoms. The molecule has 1 aliphatic rings. The van der Waals surface area contributed by atoms with Crippen LogP contribution in [0.2, 0.25) is 0 Å². The molecule has 1 aliphatic carbocycles. The van der Waals surface area contributed by atoms with Crippen molar-refractivity contribution in [1.29, 1.82) is 0 Å². The minimum absolute atomic E-state index is 0.693. The van der Waals surface area contributed by atoms with E-state index in [4.69, 9.17) is 4.74 Å². The predicted molar refractivity (Wildman–Crippen MR) is 66.6 cm³/mol. The maximum absolute atomic E-state index is 5.65. The molecule has 1 saturated carbocycles. The summed E-state index contributed by atoms with van der Waals surface area (Å²) in [7, 11) is 0. The van der Waals surface area contributed by atoms with E-state index in [0.717, 1.165) is 35.8 Å². The predicted octanol–water partition coefficient (Wildman–Crippen LogP) is 3.37. The molecule has 0 radical (unpaired) electrons. The molecule has 0 amide bonds. The molecule has 3 nitrogen and oxygen atoms in total. The van der Waals surface area contributed by atoms with Crippen molar-refractivity contribution in [3.63, 3.8) is 0 Å². The average Bonchev–Trinajstić information content (AvgIpc) is 2.21. The Bertz CT molecular complexity index is 353. The van der Waals surface area contributed by atoms with Crippen molar-refractivity contribution >= 4 is 15.9 Å². The third-order valence-corrected chi connectivity index (χ3v) is 3.44. The van der Waals surface area contributed by atoms with Crippen molar-refractivity contribution < 1.29 is 4.74 Å². The van der Waals surface area contributed by atoms with E-state index in [-0.39, 0.29) is 0 Å². The first-order chi connectivity index (χ1) is 7.78. The highest BCUT2D eigenvalue weighted by Crippen LogP contribution is 2.29. The Labute approximate surface area is 105 Å². The summed E-state index contributed by atoms with van der Waals surface area (Å²) in [5, 5.41) is 0. The lowest BCUT2D eigenvalue weighted by Crippen LogP contribution is -2.15. The number of aromatic nitrogens is 2. The molecule has 2 rings (SSSR count). The first kappa shape index (κ1) is 11.8. The van der Waals surface area contributed by atoms with Crippen LogP contribution < -0.4 is 4.74 Å². The largest absolute Gasteiger partial charge is 0.478 e. The molecule has 0 bridgehead atoms. The highest BCUT2D eigenvalue weighted by atomic mass is 79.9. The van der Waals surface area contributed by atoms with Gasteiger partial charge in [0.15, 0.2) is 0 Å². The molecule has 4 heteroatoms. The number of aryl methyl sites for hydroxylation is 1. The highest BCUT2D eigenvalue weighted by Gasteiger charge is 2.17. The van der Waals surface area contributed by atoms with E-state index in [1.807, 2.05) is 13.0 Å². The number of hydrogen-bond donors (Lipinski definition) is 0. The molecule has 0 N–H and O–H groups in total. The van der Waals surface area contributed by atoms with Crippen LogP contribution in [0.25, 0.3) is 0 Å². The normalized spacial score (nSPS) is 15.9. The van der Waals surface area contributed by atoms with Crippen LogP contribution in [0.15, 0.2) is 10.7 Å². The van der Waals surface area contributed by atoms with Crippen LogP contribution in [0.4, 0.5) is 0 Å². The number of hydrogen-bond acceptors (Lipinski definition) is 3. The molecule has 0 aromatic carbocycles. The van der Waals surface area contributed by atoms with Gasteiger partial charge >= 0.3 is 0 Å². The quantitative estimate of drug-likeness (QED) is 0.778. The van der Waals surface area contributed by atoms with Crippen molar-refractivity contribution in [3.05, 3.63) is 16.5 Å². The minimum Gasteiger partial charge on any atom is -0.478 e. The van der Waals surface area contributed by atoms with Gasteiger partial charge in [0, 0.05) is 12.5 Å². The monoisotopic (exact) mass is 284 g/mol. The van der Waals surface area contributed by atoms with Gasteiger partial charge in [-0.15, -0.1) is 0 Å². The van der Waals surface area contributed by atoms with Crippen molar-refractivity contribution in [2.45, 2.75) is 39.0 Å². The van der Waals surface area contributed by atoms with Crippen molar-refractivity contribution in [1.82, 2.24) is 9.97 Å². The number of halogens is 1. The molecule has 1 heterocycles. The third kappa shape index (κ3) is 3.17. The number of rotatable bonds is 5. The highest BCUT2D eigenvalue weighted by molar-refractivity contribution is 9.10. The fraction of sp³-hybridized carbons (Fsp3) is 0.667. The molecular weight excluding hydrogens is 268 g/mol. The second-order valence-electron chi connectivity index (χ2n) is 4.23. The zero-order valence-corrected chi connectivity index (χ0v) is 11.2. The minimum atomic E-state index is 0.693. The maximum atomic E-state index is 5.65. The van der Waals surface area contributed by atoms with E-state index in [2.05, 4.69) is 25.9 Å². The summed E-state index contributed by atoms with van der Waals surface area (Å²) in [6.07, 6.45) is 6.12. The molecule has 1 aromatic heterocycles. The number of ether oxygens (including phenoxy) is 1. The molecule has 0 aliphatic heterocycles. The molecule has 16 heavy (non-hydrogen) atoms. The number of nitrogens with zero attached hydrogens (tertiary/aromatic N) is 2. The molecular formula is C12H17BrN2O. The van der Waals surface area contributed by atoms with Crippen LogP contribution in [-0.4, -0.2) is 16.6 Å². The standard InChI is InChI=1S/C12H17BrN2O/c1-2-11-14-10(13)8-12(15-11)16-7-6-9-4-3-5-9/h8-9H,2-7H2,1H3. The average molecular weight is 285 g/mol.